The Morgan fingerprint density at radius 1 is 1.35 bits per heavy atom. The molecule has 5 heteroatoms. The first kappa shape index (κ1) is 13.2. The summed E-state index contributed by atoms with van der Waals surface area (Å²) in [5.41, 5.74) is 0.615. The number of halogens is 1. The standard InChI is InChI=1S/C15H18FN3O/c1-2-15(6-8-17-9-7-15)14-18-13(19-20-14)11-4-3-5-12(16)10-11/h3-5,10,17H,2,6-9H2,1H3. The molecule has 0 saturated carbocycles. The monoisotopic (exact) mass is 275 g/mol. The van der Waals surface area contributed by atoms with Crippen LogP contribution in [-0.2, 0) is 5.41 Å². The largest absolute Gasteiger partial charge is 0.338 e. The number of nitrogens with one attached hydrogen (secondary N) is 1. The molecule has 0 unspecified atom stereocenters. The third kappa shape index (κ3) is 2.33. The summed E-state index contributed by atoms with van der Waals surface area (Å²) in [6.07, 6.45) is 2.96. The van der Waals surface area contributed by atoms with E-state index in [9.17, 15) is 4.39 Å². The minimum Gasteiger partial charge on any atom is -0.338 e. The predicted molar refractivity (Wildman–Crippen MR) is 73.8 cm³/mol. The summed E-state index contributed by atoms with van der Waals surface area (Å²) < 4.78 is 18.7. The molecule has 1 saturated heterocycles. The summed E-state index contributed by atoms with van der Waals surface area (Å²) in [7, 11) is 0. The van der Waals surface area contributed by atoms with Crippen LogP contribution in [0.5, 0.6) is 0 Å². The molecule has 1 aromatic heterocycles. The van der Waals surface area contributed by atoms with Crippen LogP contribution in [0.4, 0.5) is 4.39 Å². The second kappa shape index (κ2) is 5.32. The van der Waals surface area contributed by atoms with Gasteiger partial charge in [0.25, 0.3) is 0 Å². The Morgan fingerprint density at radius 2 is 2.15 bits per heavy atom. The lowest BCUT2D eigenvalue weighted by Crippen LogP contribution is -2.39. The van der Waals surface area contributed by atoms with E-state index in [2.05, 4.69) is 22.4 Å². The minimum absolute atomic E-state index is 0.0379. The van der Waals surface area contributed by atoms with Gasteiger partial charge >= 0.3 is 0 Å². The molecule has 20 heavy (non-hydrogen) atoms. The van der Waals surface area contributed by atoms with Crippen molar-refractivity contribution < 1.29 is 8.91 Å². The number of piperidine rings is 1. The first-order valence-electron chi connectivity index (χ1n) is 7.04. The Kier molecular flexibility index (Phi) is 3.53. The highest BCUT2D eigenvalue weighted by Crippen LogP contribution is 2.36. The summed E-state index contributed by atoms with van der Waals surface area (Å²) in [5, 5.41) is 7.37. The Hall–Kier alpha value is -1.75. The SMILES string of the molecule is CCC1(c2nc(-c3cccc(F)c3)no2)CCNCC1. The van der Waals surface area contributed by atoms with Crippen LogP contribution in [0, 0.1) is 5.82 Å². The number of benzene rings is 1. The van der Waals surface area contributed by atoms with Crippen LogP contribution < -0.4 is 5.32 Å². The highest BCUT2D eigenvalue weighted by molar-refractivity contribution is 5.54. The minimum atomic E-state index is -0.291. The van der Waals surface area contributed by atoms with E-state index < -0.39 is 0 Å². The van der Waals surface area contributed by atoms with Gasteiger partial charge in [0, 0.05) is 5.56 Å². The number of aromatic nitrogens is 2. The molecule has 0 atom stereocenters. The van der Waals surface area contributed by atoms with Crippen LogP contribution in [-0.4, -0.2) is 23.2 Å². The predicted octanol–water partition coefficient (Wildman–Crippen LogP) is 2.91. The highest BCUT2D eigenvalue weighted by Gasteiger charge is 2.37. The molecule has 106 valence electrons. The zero-order valence-corrected chi connectivity index (χ0v) is 11.5. The summed E-state index contributed by atoms with van der Waals surface area (Å²) in [6, 6.07) is 6.28. The van der Waals surface area contributed by atoms with Gasteiger partial charge in [-0.15, -0.1) is 0 Å². The van der Waals surface area contributed by atoms with Gasteiger partial charge in [0.05, 0.1) is 5.41 Å². The van der Waals surface area contributed by atoms with Crippen molar-refractivity contribution >= 4 is 0 Å². The molecule has 0 spiro atoms. The number of hydrogen-bond donors (Lipinski definition) is 1. The van der Waals surface area contributed by atoms with Crippen molar-refractivity contribution in [2.75, 3.05) is 13.1 Å². The van der Waals surface area contributed by atoms with E-state index in [4.69, 9.17) is 4.52 Å². The lowest BCUT2D eigenvalue weighted by molar-refractivity contribution is 0.216. The lowest BCUT2D eigenvalue weighted by Gasteiger charge is -2.33. The number of hydrogen-bond acceptors (Lipinski definition) is 4. The summed E-state index contributed by atoms with van der Waals surface area (Å²) >= 11 is 0. The van der Waals surface area contributed by atoms with Crippen LogP contribution >= 0.6 is 0 Å². The maximum atomic E-state index is 13.3. The fourth-order valence-corrected chi connectivity index (χ4v) is 2.81. The van der Waals surface area contributed by atoms with E-state index in [1.54, 1.807) is 12.1 Å². The van der Waals surface area contributed by atoms with Crippen molar-refractivity contribution in [1.82, 2.24) is 15.5 Å². The van der Waals surface area contributed by atoms with Crippen molar-refractivity contribution in [2.45, 2.75) is 31.6 Å². The Bertz CT molecular complexity index is 590. The Balaban J connectivity index is 1.93. The number of nitrogens with zero attached hydrogens (tertiary/aromatic N) is 2. The van der Waals surface area contributed by atoms with Crippen LogP contribution in [0.2, 0.25) is 0 Å². The Morgan fingerprint density at radius 3 is 2.85 bits per heavy atom. The van der Waals surface area contributed by atoms with Crippen molar-refractivity contribution in [2.24, 2.45) is 0 Å². The highest BCUT2D eigenvalue weighted by atomic mass is 19.1. The topological polar surface area (TPSA) is 51.0 Å². The van der Waals surface area contributed by atoms with E-state index in [0.29, 0.717) is 17.3 Å². The summed E-state index contributed by atoms with van der Waals surface area (Å²) in [5.74, 6) is 0.854. The van der Waals surface area contributed by atoms with Crippen LogP contribution in [0.25, 0.3) is 11.4 Å². The van der Waals surface area contributed by atoms with Gasteiger partial charge in [-0.25, -0.2) is 4.39 Å². The normalized spacial score (nSPS) is 18.1. The molecule has 3 rings (SSSR count). The smallest absolute Gasteiger partial charge is 0.233 e. The maximum absolute atomic E-state index is 13.3. The van der Waals surface area contributed by atoms with Crippen LogP contribution in [0.3, 0.4) is 0 Å². The zero-order chi connectivity index (χ0) is 14.0. The number of rotatable bonds is 3. The molecule has 0 radical (unpaired) electrons. The van der Waals surface area contributed by atoms with Crippen molar-refractivity contribution in [3.63, 3.8) is 0 Å². The molecule has 2 heterocycles. The van der Waals surface area contributed by atoms with E-state index in [0.717, 1.165) is 32.4 Å². The average Bonchev–Trinajstić information content (AvgIpc) is 2.98. The molecular weight excluding hydrogens is 257 g/mol. The van der Waals surface area contributed by atoms with Gasteiger partial charge in [0.15, 0.2) is 0 Å². The van der Waals surface area contributed by atoms with Gasteiger partial charge in [0.2, 0.25) is 11.7 Å². The molecule has 0 aliphatic carbocycles. The quantitative estimate of drug-likeness (QED) is 0.935. The molecule has 1 N–H and O–H groups in total. The second-order valence-corrected chi connectivity index (χ2v) is 5.32. The molecule has 1 aliphatic heterocycles. The van der Waals surface area contributed by atoms with Crippen molar-refractivity contribution in [3.05, 3.63) is 36.0 Å². The van der Waals surface area contributed by atoms with Gasteiger partial charge in [-0.2, -0.15) is 4.98 Å². The van der Waals surface area contributed by atoms with Gasteiger partial charge in [-0.3, -0.25) is 0 Å². The van der Waals surface area contributed by atoms with Crippen molar-refractivity contribution in [1.29, 1.82) is 0 Å². The lowest BCUT2D eigenvalue weighted by atomic mass is 9.76. The Labute approximate surface area is 117 Å². The van der Waals surface area contributed by atoms with E-state index in [-0.39, 0.29) is 11.2 Å². The first-order chi connectivity index (χ1) is 9.73. The molecule has 1 aliphatic rings. The first-order valence-corrected chi connectivity index (χ1v) is 7.04. The molecule has 0 amide bonds. The molecule has 0 bridgehead atoms. The second-order valence-electron chi connectivity index (χ2n) is 5.32. The van der Waals surface area contributed by atoms with E-state index in [1.165, 1.54) is 12.1 Å². The third-order valence-electron chi connectivity index (χ3n) is 4.20. The van der Waals surface area contributed by atoms with Gasteiger partial charge in [-0.1, -0.05) is 24.2 Å². The fraction of sp³-hybridized carbons (Fsp3) is 0.467. The van der Waals surface area contributed by atoms with Crippen LogP contribution in [0.15, 0.2) is 28.8 Å². The molecular formula is C15H18FN3O. The van der Waals surface area contributed by atoms with E-state index in [1.807, 2.05) is 0 Å². The average molecular weight is 275 g/mol. The fourth-order valence-electron chi connectivity index (χ4n) is 2.81. The van der Waals surface area contributed by atoms with Crippen molar-refractivity contribution in [3.8, 4) is 11.4 Å². The molecule has 2 aromatic rings. The van der Waals surface area contributed by atoms with Crippen LogP contribution in [0.1, 0.15) is 32.1 Å². The third-order valence-corrected chi connectivity index (χ3v) is 4.20. The molecule has 1 aromatic carbocycles. The molecule has 4 nitrogen and oxygen atoms in total. The maximum Gasteiger partial charge on any atom is 0.233 e. The van der Waals surface area contributed by atoms with Gasteiger partial charge < -0.3 is 9.84 Å². The van der Waals surface area contributed by atoms with Gasteiger partial charge in [0.1, 0.15) is 5.82 Å². The van der Waals surface area contributed by atoms with E-state index >= 15 is 0 Å². The summed E-state index contributed by atoms with van der Waals surface area (Å²) in [6.45, 7) is 4.08. The van der Waals surface area contributed by atoms with Gasteiger partial charge in [-0.05, 0) is 44.5 Å². The zero-order valence-electron chi connectivity index (χ0n) is 11.5. The molecule has 1 fully saturated rings. The summed E-state index contributed by atoms with van der Waals surface area (Å²) in [4.78, 5) is 4.52.